The van der Waals surface area contributed by atoms with Crippen molar-refractivity contribution in [3.05, 3.63) is 76.0 Å². The van der Waals surface area contributed by atoms with Crippen LogP contribution in [0.1, 0.15) is 49.7 Å². The normalized spacial score (nSPS) is 18.2. The number of anilines is 1. The number of halogens is 1. The molecule has 232 valence electrons. The Morgan fingerprint density at radius 2 is 1.84 bits per heavy atom. The van der Waals surface area contributed by atoms with E-state index < -0.39 is 35.0 Å². The SMILES string of the molecule is Cc1c(C(=O)Nc2ccc(OC3=NC=NC(NC(=O)N4CCCC4)C3C)c(F)c2)c(=O)n(-c2ccccc2)n1CC(C)(C)O. The Balaban J connectivity index is 1.32. The molecular weight excluding hydrogens is 569 g/mol. The lowest BCUT2D eigenvalue weighted by Gasteiger charge is -2.27. The first-order valence-electron chi connectivity index (χ1n) is 14.5. The van der Waals surface area contributed by atoms with Crippen LogP contribution in [0.2, 0.25) is 0 Å². The second-order valence-corrected chi connectivity index (χ2v) is 11.6. The largest absolute Gasteiger partial charge is 0.439 e. The number of urea groups is 1. The van der Waals surface area contributed by atoms with Crippen LogP contribution in [0.25, 0.3) is 5.69 Å². The highest BCUT2D eigenvalue weighted by Crippen LogP contribution is 2.25. The van der Waals surface area contributed by atoms with Gasteiger partial charge in [0.15, 0.2) is 11.6 Å². The van der Waals surface area contributed by atoms with Gasteiger partial charge in [0.1, 0.15) is 18.1 Å². The number of hydrogen-bond donors (Lipinski definition) is 3. The Bertz CT molecular complexity index is 1670. The van der Waals surface area contributed by atoms with Gasteiger partial charge in [-0.2, -0.15) is 0 Å². The molecule has 1 aromatic heterocycles. The summed E-state index contributed by atoms with van der Waals surface area (Å²) in [6, 6.07) is 12.5. The molecule has 0 bridgehead atoms. The Morgan fingerprint density at radius 1 is 1.14 bits per heavy atom. The standard InChI is InChI=1S/C31H36FN7O5/c1-19-26(36-30(42)37-14-8-9-15-37)33-18-34-28(19)44-24-13-12-21(16-23(24)32)35-27(40)25-20(2)38(17-31(3,4)43)39(29(25)41)22-10-6-5-7-11-22/h5-7,10-13,16,18-19,26,43H,8-9,14-15,17H2,1-4H3,(H,35,40)(H,36,42). The Hall–Kier alpha value is -4.78. The molecule has 2 aliphatic rings. The number of benzene rings is 2. The van der Waals surface area contributed by atoms with Crippen LogP contribution in [0, 0.1) is 18.7 Å². The van der Waals surface area contributed by atoms with E-state index in [0.29, 0.717) is 24.5 Å². The summed E-state index contributed by atoms with van der Waals surface area (Å²) in [7, 11) is 0. The molecule has 2 atom stereocenters. The van der Waals surface area contributed by atoms with Crippen molar-refractivity contribution < 1.29 is 23.8 Å². The lowest BCUT2D eigenvalue weighted by Crippen LogP contribution is -2.48. The van der Waals surface area contributed by atoms with E-state index in [4.69, 9.17) is 4.74 Å². The van der Waals surface area contributed by atoms with Gasteiger partial charge in [0.05, 0.1) is 29.4 Å². The number of nitrogens with zero attached hydrogens (tertiary/aromatic N) is 5. The highest BCUT2D eigenvalue weighted by Gasteiger charge is 2.31. The Morgan fingerprint density at radius 3 is 2.50 bits per heavy atom. The van der Waals surface area contributed by atoms with Gasteiger partial charge in [-0.15, -0.1) is 0 Å². The van der Waals surface area contributed by atoms with Crippen molar-refractivity contribution in [3.8, 4) is 11.4 Å². The zero-order valence-electron chi connectivity index (χ0n) is 25.1. The number of carbonyl (C=O) groups excluding carboxylic acids is 2. The first-order valence-corrected chi connectivity index (χ1v) is 14.5. The van der Waals surface area contributed by atoms with Crippen molar-refractivity contribution in [3.63, 3.8) is 0 Å². The van der Waals surface area contributed by atoms with Gasteiger partial charge in [0.2, 0.25) is 5.90 Å². The summed E-state index contributed by atoms with van der Waals surface area (Å²) in [4.78, 5) is 49.5. The maximum atomic E-state index is 15.2. The number of aliphatic hydroxyl groups is 1. The average molecular weight is 606 g/mol. The van der Waals surface area contributed by atoms with E-state index in [9.17, 15) is 19.5 Å². The van der Waals surface area contributed by atoms with Crippen LogP contribution in [-0.2, 0) is 6.54 Å². The molecule has 2 unspecified atom stereocenters. The fourth-order valence-electron chi connectivity index (χ4n) is 5.22. The number of carbonyl (C=O) groups is 2. The van der Waals surface area contributed by atoms with Crippen LogP contribution in [0.4, 0.5) is 14.9 Å². The third-order valence-electron chi connectivity index (χ3n) is 7.51. The Labute approximate surface area is 253 Å². The number of rotatable bonds is 7. The van der Waals surface area contributed by atoms with E-state index in [0.717, 1.165) is 18.9 Å². The minimum Gasteiger partial charge on any atom is -0.439 e. The van der Waals surface area contributed by atoms with Gasteiger partial charge >= 0.3 is 6.03 Å². The fraction of sp³-hybridized carbons (Fsp3) is 0.387. The first kappa shape index (κ1) is 30.7. The van der Waals surface area contributed by atoms with E-state index in [1.54, 1.807) is 67.6 Å². The average Bonchev–Trinajstić information content (AvgIpc) is 3.59. The molecule has 2 aromatic carbocycles. The number of hydrogen-bond acceptors (Lipinski definition) is 7. The number of likely N-dealkylation sites (tertiary alicyclic amines) is 1. The number of ether oxygens (including phenoxy) is 1. The predicted octanol–water partition coefficient (Wildman–Crippen LogP) is 3.70. The minimum absolute atomic E-state index is 0.0483. The molecule has 13 heteroatoms. The van der Waals surface area contributed by atoms with Gasteiger partial charge in [-0.1, -0.05) is 18.2 Å². The molecule has 1 saturated heterocycles. The third-order valence-corrected chi connectivity index (χ3v) is 7.51. The molecule has 2 aliphatic heterocycles. The van der Waals surface area contributed by atoms with E-state index in [1.807, 2.05) is 0 Å². The van der Waals surface area contributed by atoms with Crippen LogP contribution in [-0.4, -0.2) is 68.4 Å². The minimum atomic E-state index is -1.18. The van der Waals surface area contributed by atoms with E-state index in [2.05, 4.69) is 20.6 Å². The van der Waals surface area contributed by atoms with Gasteiger partial charge in [-0.25, -0.2) is 23.9 Å². The van der Waals surface area contributed by atoms with E-state index in [1.165, 1.54) is 23.2 Å². The lowest BCUT2D eigenvalue weighted by atomic mass is 10.1. The van der Waals surface area contributed by atoms with Crippen LogP contribution in [0.15, 0.2) is 63.3 Å². The molecule has 12 nitrogen and oxygen atoms in total. The van der Waals surface area contributed by atoms with E-state index >= 15 is 4.39 Å². The summed E-state index contributed by atoms with van der Waals surface area (Å²) < 4.78 is 23.8. The fourth-order valence-corrected chi connectivity index (χ4v) is 5.22. The predicted molar refractivity (Wildman–Crippen MR) is 164 cm³/mol. The zero-order valence-corrected chi connectivity index (χ0v) is 25.1. The van der Waals surface area contributed by atoms with Crippen molar-refractivity contribution in [2.24, 2.45) is 15.9 Å². The topological polar surface area (TPSA) is 143 Å². The molecule has 5 rings (SSSR count). The zero-order chi connectivity index (χ0) is 31.6. The smallest absolute Gasteiger partial charge is 0.319 e. The molecule has 3 heterocycles. The van der Waals surface area contributed by atoms with Gasteiger partial charge in [0, 0.05) is 24.8 Å². The van der Waals surface area contributed by atoms with E-state index in [-0.39, 0.29) is 35.5 Å². The molecular formula is C31H36FN7O5. The molecule has 3 aromatic rings. The van der Waals surface area contributed by atoms with Crippen LogP contribution in [0.5, 0.6) is 5.75 Å². The second-order valence-electron chi connectivity index (χ2n) is 11.6. The summed E-state index contributed by atoms with van der Waals surface area (Å²) >= 11 is 0. The van der Waals surface area contributed by atoms with Crippen molar-refractivity contribution in [1.82, 2.24) is 19.6 Å². The Kier molecular flexibility index (Phi) is 8.68. The van der Waals surface area contributed by atoms with Gasteiger partial charge < -0.3 is 25.4 Å². The number of aliphatic imine (C=N–C) groups is 2. The molecule has 0 spiro atoms. The number of aromatic nitrogens is 2. The molecule has 1 fully saturated rings. The highest BCUT2D eigenvalue weighted by atomic mass is 19.1. The molecule has 3 amide bonds. The molecule has 0 saturated carbocycles. The van der Waals surface area contributed by atoms with Crippen molar-refractivity contribution >= 4 is 29.9 Å². The maximum Gasteiger partial charge on any atom is 0.319 e. The van der Waals surface area contributed by atoms with Gasteiger partial charge in [0.25, 0.3) is 11.5 Å². The lowest BCUT2D eigenvalue weighted by molar-refractivity contribution is 0.0546. The van der Waals surface area contributed by atoms with Crippen molar-refractivity contribution in [1.29, 1.82) is 0 Å². The number of nitrogens with one attached hydrogen (secondary N) is 2. The number of para-hydroxylation sites is 1. The van der Waals surface area contributed by atoms with Crippen LogP contribution >= 0.6 is 0 Å². The maximum absolute atomic E-state index is 15.2. The third kappa shape index (κ3) is 6.57. The van der Waals surface area contributed by atoms with Crippen LogP contribution in [0.3, 0.4) is 0 Å². The second kappa shape index (κ2) is 12.4. The molecule has 0 radical (unpaired) electrons. The summed E-state index contributed by atoms with van der Waals surface area (Å²) in [5.74, 6) is -1.91. The van der Waals surface area contributed by atoms with Crippen LogP contribution < -0.4 is 20.9 Å². The van der Waals surface area contributed by atoms with Gasteiger partial charge in [-0.05, 0) is 64.8 Å². The quantitative estimate of drug-likeness (QED) is 0.377. The monoisotopic (exact) mass is 605 g/mol. The summed E-state index contributed by atoms with van der Waals surface area (Å²) in [6.07, 6.45) is 2.57. The first-order chi connectivity index (χ1) is 20.9. The molecule has 0 aliphatic carbocycles. The molecule has 44 heavy (non-hydrogen) atoms. The summed E-state index contributed by atoms with van der Waals surface area (Å²) in [6.45, 7) is 8.04. The highest BCUT2D eigenvalue weighted by molar-refractivity contribution is 6.05. The van der Waals surface area contributed by atoms with Crippen molar-refractivity contribution in [2.45, 2.75) is 58.8 Å². The molecule has 3 N–H and O–H groups in total. The number of amides is 3. The van der Waals surface area contributed by atoms with Crippen molar-refractivity contribution in [2.75, 3.05) is 18.4 Å². The van der Waals surface area contributed by atoms with Gasteiger partial charge in [-0.3, -0.25) is 14.3 Å². The summed E-state index contributed by atoms with van der Waals surface area (Å²) in [5, 5.41) is 16.0. The summed E-state index contributed by atoms with van der Waals surface area (Å²) in [5.41, 5.74) is -0.907.